The molecule has 1 aromatic heterocycles. The fraction of sp³-hybridized carbons (Fsp3) is 0.250. The number of para-hydroxylation sites is 1. The van der Waals surface area contributed by atoms with Crippen molar-refractivity contribution in [3.05, 3.63) is 36.1 Å². The van der Waals surface area contributed by atoms with Crippen molar-refractivity contribution in [3.8, 4) is 0 Å². The van der Waals surface area contributed by atoms with E-state index in [0.717, 1.165) is 16.5 Å². The molecular formula is C12H14N2O. The van der Waals surface area contributed by atoms with Crippen LogP contribution in [0, 0.1) is 0 Å². The van der Waals surface area contributed by atoms with Crippen molar-refractivity contribution < 1.29 is 4.42 Å². The second-order valence-corrected chi connectivity index (χ2v) is 3.75. The molecule has 0 amide bonds. The van der Waals surface area contributed by atoms with Crippen LogP contribution in [0.4, 0.5) is 0 Å². The predicted molar refractivity (Wildman–Crippen MR) is 62.1 cm³/mol. The highest BCUT2D eigenvalue weighted by Gasteiger charge is 2.08. The zero-order valence-electron chi connectivity index (χ0n) is 8.90. The minimum atomic E-state index is 0.193. The van der Waals surface area contributed by atoms with E-state index >= 15 is 0 Å². The van der Waals surface area contributed by atoms with Gasteiger partial charge in [-0.25, -0.2) is 0 Å². The Morgan fingerprint density at radius 1 is 1.33 bits per heavy atom. The molecule has 3 heteroatoms. The van der Waals surface area contributed by atoms with Crippen LogP contribution in [-0.2, 0) is 0 Å². The van der Waals surface area contributed by atoms with E-state index in [1.807, 2.05) is 38.1 Å². The monoisotopic (exact) mass is 202 g/mol. The maximum Gasteiger partial charge on any atom is 0.134 e. The number of nitrogens with two attached hydrogens (primary N) is 1. The fourth-order valence-electron chi connectivity index (χ4n) is 1.52. The van der Waals surface area contributed by atoms with Crippen molar-refractivity contribution in [3.63, 3.8) is 0 Å². The highest BCUT2D eigenvalue weighted by atomic mass is 16.3. The first-order chi connectivity index (χ1) is 7.18. The van der Waals surface area contributed by atoms with Crippen LogP contribution in [0.1, 0.15) is 19.4 Å². The maximum atomic E-state index is 5.90. The molecule has 0 saturated heterocycles. The number of fused-ring (bicyclic) bond motifs is 1. The molecule has 0 aliphatic rings. The molecule has 15 heavy (non-hydrogen) atoms. The van der Waals surface area contributed by atoms with Gasteiger partial charge in [-0.2, -0.15) is 0 Å². The standard InChI is InChI=1S/C12H14N2O/c1-8(2)14-12(13)10-7-15-11-6-4-3-5-9(10)11/h3-8H,1-2H3,(H2,13,14). The Morgan fingerprint density at radius 2 is 2.07 bits per heavy atom. The highest BCUT2D eigenvalue weighted by molar-refractivity contribution is 6.08. The van der Waals surface area contributed by atoms with Crippen LogP contribution >= 0.6 is 0 Å². The van der Waals surface area contributed by atoms with Crippen LogP contribution in [0.2, 0.25) is 0 Å². The summed E-state index contributed by atoms with van der Waals surface area (Å²) in [5.74, 6) is 0.537. The smallest absolute Gasteiger partial charge is 0.134 e. The molecule has 0 unspecified atom stereocenters. The molecule has 3 nitrogen and oxygen atoms in total. The summed E-state index contributed by atoms with van der Waals surface area (Å²) in [6.07, 6.45) is 1.66. The van der Waals surface area contributed by atoms with Gasteiger partial charge in [-0.3, -0.25) is 4.99 Å². The lowest BCUT2D eigenvalue weighted by Gasteiger charge is -2.00. The molecule has 2 rings (SSSR count). The summed E-state index contributed by atoms with van der Waals surface area (Å²) in [7, 11) is 0. The minimum absolute atomic E-state index is 0.193. The summed E-state index contributed by atoms with van der Waals surface area (Å²) >= 11 is 0. The maximum absolute atomic E-state index is 5.90. The van der Waals surface area contributed by atoms with E-state index in [4.69, 9.17) is 10.2 Å². The van der Waals surface area contributed by atoms with Gasteiger partial charge in [0.15, 0.2) is 0 Å². The minimum Gasteiger partial charge on any atom is -0.464 e. The number of benzene rings is 1. The van der Waals surface area contributed by atoms with Crippen LogP contribution < -0.4 is 5.73 Å². The first-order valence-corrected chi connectivity index (χ1v) is 4.98. The zero-order valence-corrected chi connectivity index (χ0v) is 8.90. The number of rotatable bonds is 2. The summed E-state index contributed by atoms with van der Waals surface area (Å²) in [6, 6.07) is 7.99. The van der Waals surface area contributed by atoms with Gasteiger partial charge in [-0.15, -0.1) is 0 Å². The molecular weight excluding hydrogens is 188 g/mol. The normalized spacial score (nSPS) is 12.6. The number of hydrogen-bond acceptors (Lipinski definition) is 2. The number of nitrogens with zero attached hydrogens (tertiary/aromatic N) is 1. The number of amidine groups is 1. The predicted octanol–water partition coefficient (Wildman–Crippen LogP) is 2.55. The van der Waals surface area contributed by atoms with Crippen molar-refractivity contribution in [2.45, 2.75) is 19.9 Å². The lowest BCUT2D eigenvalue weighted by Crippen LogP contribution is -2.15. The SMILES string of the molecule is CC(C)N=C(N)c1coc2ccccc12. The van der Waals surface area contributed by atoms with Crippen molar-refractivity contribution in [1.29, 1.82) is 0 Å². The second kappa shape index (κ2) is 3.77. The topological polar surface area (TPSA) is 51.5 Å². The van der Waals surface area contributed by atoms with E-state index in [1.54, 1.807) is 6.26 Å². The van der Waals surface area contributed by atoms with E-state index in [2.05, 4.69) is 4.99 Å². The van der Waals surface area contributed by atoms with Gasteiger partial charge < -0.3 is 10.2 Å². The van der Waals surface area contributed by atoms with Crippen LogP contribution in [-0.4, -0.2) is 11.9 Å². The molecule has 2 N–H and O–H groups in total. The van der Waals surface area contributed by atoms with Crippen molar-refractivity contribution in [2.24, 2.45) is 10.7 Å². The van der Waals surface area contributed by atoms with Gasteiger partial charge in [0.05, 0.1) is 5.56 Å². The summed E-state index contributed by atoms with van der Waals surface area (Å²) in [5.41, 5.74) is 7.61. The fourth-order valence-corrected chi connectivity index (χ4v) is 1.52. The van der Waals surface area contributed by atoms with E-state index in [-0.39, 0.29) is 6.04 Å². The van der Waals surface area contributed by atoms with Crippen molar-refractivity contribution in [2.75, 3.05) is 0 Å². The molecule has 1 aromatic carbocycles. The molecule has 0 bridgehead atoms. The number of furan rings is 1. The lowest BCUT2D eigenvalue weighted by atomic mass is 10.1. The third-order valence-electron chi connectivity index (χ3n) is 2.15. The average Bonchev–Trinajstić information content (AvgIpc) is 2.59. The van der Waals surface area contributed by atoms with Gasteiger partial charge in [0, 0.05) is 11.4 Å². The summed E-state index contributed by atoms with van der Waals surface area (Å²) in [4.78, 5) is 4.30. The molecule has 0 aliphatic carbocycles. The highest BCUT2D eigenvalue weighted by Crippen LogP contribution is 2.20. The molecule has 1 heterocycles. The van der Waals surface area contributed by atoms with Crippen LogP contribution in [0.25, 0.3) is 11.0 Å². The van der Waals surface area contributed by atoms with Crippen molar-refractivity contribution >= 4 is 16.8 Å². The molecule has 0 atom stereocenters. The Balaban J connectivity index is 2.53. The molecule has 2 aromatic rings. The van der Waals surface area contributed by atoms with E-state index in [9.17, 15) is 0 Å². The zero-order chi connectivity index (χ0) is 10.8. The Hall–Kier alpha value is -1.77. The van der Waals surface area contributed by atoms with E-state index in [0.29, 0.717) is 5.84 Å². The molecule has 0 fully saturated rings. The van der Waals surface area contributed by atoms with Crippen molar-refractivity contribution in [1.82, 2.24) is 0 Å². The Kier molecular flexibility index (Phi) is 2.46. The summed E-state index contributed by atoms with van der Waals surface area (Å²) in [5, 5.41) is 1.01. The van der Waals surface area contributed by atoms with E-state index in [1.165, 1.54) is 0 Å². The third kappa shape index (κ3) is 1.86. The Morgan fingerprint density at radius 3 is 2.80 bits per heavy atom. The summed E-state index contributed by atoms with van der Waals surface area (Å²) < 4.78 is 5.39. The van der Waals surface area contributed by atoms with Crippen LogP contribution in [0.15, 0.2) is 39.9 Å². The molecule has 78 valence electrons. The second-order valence-electron chi connectivity index (χ2n) is 3.75. The van der Waals surface area contributed by atoms with Gasteiger partial charge in [-0.1, -0.05) is 18.2 Å². The first kappa shape index (κ1) is 9.77. The van der Waals surface area contributed by atoms with Gasteiger partial charge in [0.25, 0.3) is 0 Å². The molecule has 0 saturated carbocycles. The van der Waals surface area contributed by atoms with Gasteiger partial charge in [0.2, 0.25) is 0 Å². The van der Waals surface area contributed by atoms with Crippen LogP contribution in [0.5, 0.6) is 0 Å². The third-order valence-corrected chi connectivity index (χ3v) is 2.15. The van der Waals surface area contributed by atoms with Gasteiger partial charge in [-0.05, 0) is 19.9 Å². The first-order valence-electron chi connectivity index (χ1n) is 4.98. The Bertz CT molecular complexity index is 497. The molecule has 0 radical (unpaired) electrons. The van der Waals surface area contributed by atoms with Gasteiger partial charge >= 0.3 is 0 Å². The van der Waals surface area contributed by atoms with E-state index < -0.39 is 0 Å². The Labute approximate surface area is 88.6 Å². The quantitative estimate of drug-likeness (QED) is 0.601. The molecule has 0 aliphatic heterocycles. The van der Waals surface area contributed by atoms with Gasteiger partial charge in [0.1, 0.15) is 17.7 Å². The molecule has 0 spiro atoms. The number of hydrogen-bond donors (Lipinski definition) is 1. The average molecular weight is 202 g/mol. The van der Waals surface area contributed by atoms with Crippen LogP contribution in [0.3, 0.4) is 0 Å². The summed E-state index contributed by atoms with van der Waals surface area (Å²) in [6.45, 7) is 3.99. The largest absolute Gasteiger partial charge is 0.464 e. The number of aliphatic imine (C=N–C) groups is 1. The lowest BCUT2D eigenvalue weighted by molar-refractivity contribution is 0.615.